The van der Waals surface area contributed by atoms with Crippen LogP contribution in [0.4, 0.5) is 0 Å². The number of hydrogen-bond acceptors (Lipinski definition) is 4. The van der Waals surface area contributed by atoms with E-state index in [0.29, 0.717) is 17.4 Å². The van der Waals surface area contributed by atoms with Crippen LogP contribution in [0.3, 0.4) is 0 Å². The van der Waals surface area contributed by atoms with Gasteiger partial charge >= 0.3 is 0 Å². The van der Waals surface area contributed by atoms with Gasteiger partial charge in [-0.1, -0.05) is 37.4 Å². The summed E-state index contributed by atoms with van der Waals surface area (Å²) in [7, 11) is 1.57. The van der Waals surface area contributed by atoms with Gasteiger partial charge in [-0.05, 0) is 31.0 Å². The lowest BCUT2D eigenvalue weighted by molar-refractivity contribution is 0.318. The number of rotatable bonds is 9. The van der Waals surface area contributed by atoms with Crippen LogP contribution in [-0.2, 0) is 6.54 Å². The fourth-order valence-corrected chi connectivity index (χ4v) is 2.21. The summed E-state index contributed by atoms with van der Waals surface area (Å²) in [6.07, 6.45) is 4.95. The number of nitrogens with one attached hydrogen (secondary N) is 1. The molecule has 0 aliphatic carbocycles. The SMILES string of the molecule is CCCCCC(C)NCc1ccc(OC)c(C(N)=NO)c1. The summed E-state index contributed by atoms with van der Waals surface area (Å²) >= 11 is 0. The Kier molecular flexibility index (Phi) is 7.61. The minimum absolute atomic E-state index is 0.0599. The van der Waals surface area contributed by atoms with Crippen LogP contribution in [0, 0.1) is 0 Å². The van der Waals surface area contributed by atoms with Crippen LogP contribution in [0.1, 0.15) is 50.7 Å². The highest BCUT2D eigenvalue weighted by atomic mass is 16.5. The summed E-state index contributed by atoms with van der Waals surface area (Å²) in [6, 6.07) is 6.19. The number of nitrogens with zero attached hydrogens (tertiary/aromatic N) is 1. The van der Waals surface area contributed by atoms with E-state index >= 15 is 0 Å². The van der Waals surface area contributed by atoms with Gasteiger partial charge in [-0.15, -0.1) is 0 Å². The van der Waals surface area contributed by atoms with Crippen molar-refractivity contribution in [2.45, 2.75) is 52.1 Å². The van der Waals surface area contributed by atoms with Gasteiger partial charge in [0.15, 0.2) is 5.84 Å². The molecular formula is C16H27N3O2. The maximum Gasteiger partial charge on any atom is 0.173 e. The molecule has 21 heavy (non-hydrogen) atoms. The van der Waals surface area contributed by atoms with E-state index in [0.717, 1.165) is 12.1 Å². The molecule has 0 aliphatic rings. The Morgan fingerprint density at radius 2 is 2.19 bits per heavy atom. The third-order valence-electron chi connectivity index (χ3n) is 3.54. The van der Waals surface area contributed by atoms with Gasteiger partial charge in [-0.2, -0.15) is 0 Å². The maximum absolute atomic E-state index is 8.83. The van der Waals surface area contributed by atoms with E-state index < -0.39 is 0 Å². The Balaban J connectivity index is 2.63. The van der Waals surface area contributed by atoms with E-state index in [1.807, 2.05) is 18.2 Å². The summed E-state index contributed by atoms with van der Waals surface area (Å²) in [6.45, 7) is 5.16. The molecule has 0 heterocycles. The Morgan fingerprint density at radius 3 is 2.81 bits per heavy atom. The quantitative estimate of drug-likeness (QED) is 0.215. The number of ether oxygens (including phenoxy) is 1. The first-order chi connectivity index (χ1) is 10.1. The minimum Gasteiger partial charge on any atom is -0.496 e. The number of unbranched alkanes of at least 4 members (excludes halogenated alkanes) is 2. The summed E-state index contributed by atoms with van der Waals surface area (Å²) in [5.41, 5.74) is 7.37. The lowest BCUT2D eigenvalue weighted by atomic mass is 10.1. The van der Waals surface area contributed by atoms with Crippen molar-refractivity contribution in [3.63, 3.8) is 0 Å². The van der Waals surface area contributed by atoms with Gasteiger partial charge in [0, 0.05) is 12.6 Å². The van der Waals surface area contributed by atoms with Gasteiger partial charge in [0.05, 0.1) is 12.7 Å². The molecule has 0 fully saturated rings. The van der Waals surface area contributed by atoms with Gasteiger partial charge in [0.2, 0.25) is 0 Å². The summed E-state index contributed by atoms with van der Waals surface area (Å²) in [4.78, 5) is 0. The van der Waals surface area contributed by atoms with Crippen LogP contribution in [0.15, 0.2) is 23.4 Å². The second-order valence-corrected chi connectivity index (χ2v) is 5.30. The molecule has 0 amide bonds. The van der Waals surface area contributed by atoms with E-state index in [4.69, 9.17) is 15.7 Å². The second-order valence-electron chi connectivity index (χ2n) is 5.30. The van der Waals surface area contributed by atoms with Crippen LogP contribution in [-0.4, -0.2) is 24.2 Å². The number of oxime groups is 1. The molecule has 1 aromatic rings. The van der Waals surface area contributed by atoms with Crippen molar-refractivity contribution in [1.29, 1.82) is 0 Å². The first-order valence-electron chi connectivity index (χ1n) is 7.50. The Hall–Kier alpha value is -1.75. The number of hydrogen-bond donors (Lipinski definition) is 3. The van der Waals surface area contributed by atoms with E-state index in [9.17, 15) is 0 Å². The first kappa shape index (κ1) is 17.3. The third kappa shape index (κ3) is 5.63. The zero-order chi connectivity index (χ0) is 15.7. The van der Waals surface area contributed by atoms with Crippen LogP contribution < -0.4 is 15.8 Å². The zero-order valence-corrected chi connectivity index (χ0v) is 13.2. The molecule has 0 bridgehead atoms. The molecule has 4 N–H and O–H groups in total. The summed E-state index contributed by atoms with van der Waals surface area (Å²) in [5, 5.41) is 15.4. The van der Waals surface area contributed by atoms with Crippen molar-refractivity contribution in [3.8, 4) is 5.75 Å². The number of methoxy groups -OCH3 is 1. The molecule has 0 spiro atoms. The van der Waals surface area contributed by atoms with Crippen molar-refractivity contribution in [3.05, 3.63) is 29.3 Å². The zero-order valence-electron chi connectivity index (χ0n) is 13.2. The van der Waals surface area contributed by atoms with E-state index in [2.05, 4.69) is 24.3 Å². The highest BCUT2D eigenvalue weighted by Crippen LogP contribution is 2.19. The molecule has 0 aromatic heterocycles. The summed E-state index contributed by atoms with van der Waals surface area (Å²) in [5.74, 6) is 0.662. The van der Waals surface area contributed by atoms with E-state index in [1.54, 1.807) is 7.11 Å². The number of benzene rings is 1. The molecule has 1 atom stereocenters. The molecule has 1 aromatic carbocycles. The minimum atomic E-state index is 0.0599. The predicted octanol–water partition coefficient (Wildman–Crippen LogP) is 2.85. The van der Waals surface area contributed by atoms with Gasteiger partial charge < -0.3 is 21.0 Å². The molecule has 0 saturated carbocycles. The molecular weight excluding hydrogens is 266 g/mol. The van der Waals surface area contributed by atoms with Crippen LogP contribution >= 0.6 is 0 Å². The Morgan fingerprint density at radius 1 is 1.43 bits per heavy atom. The highest BCUT2D eigenvalue weighted by Gasteiger charge is 2.09. The highest BCUT2D eigenvalue weighted by molar-refractivity contribution is 5.99. The van der Waals surface area contributed by atoms with Crippen molar-refractivity contribution in [2.75, 3.05) is 7.11 Å². The smallest absolute Gasteiger partial charge is 0.173 e. The van der Waals surface area contributed by atoms with Crippen LogP contribution in [0.5, 0.6) is 5.75 Å². The fourth-order valence-electron chi connectivity index (χ4n) is 2.21. The van der Waals surface area contributed by atoms with Gasteiger partial charge in [-0.25, -0.2) is 0 Å². The standard InChI is InChI=1S/C16H27N3O2/c1-4-5-6-7-12(2)18-11-13-8-9-15(21-3)14(10-13)16(17)19-20/h8-10,12,18,20H,4-7,11H2,1-3H3,(H2,17,19). The Labute approximate surface area is 127 Å². The molecule has 1 rings (SSSR count). The van der Waals surface area contributed by atoms with Crippen LogP contribution in [0.2, 0.25) is 0 Å². The lowest BCUT2D eigenvalue weighted by Gasteiger charge is -2.15. The number of nitrogens with two attached hydrogens (primary N) is 1. The van der Waals surface area contributed by atoms with Gasteiger partial charge in [-0.3, -0.25) is 0 Å². The Bertz CT molecular complexity index is 461. The average molecular weight is 293 g/mol. The van der Waals surface area contributed by atoms with Crippen molar-refractivity contribution >= 4 is 5.84 Å². The second kappa shape index (κ2) is 9.23. The average Bonchev–Trinajstić information content (AvgIpc) is 2.52. The predicted molar refractivity (Wildman–Crippen MR) is 85.9 cm³/mol. The molecule has 5 nitrogen and oxygen atoms in total. The third-order valence-corrected chi connectivity index (χ3v) is 3.54. The normalized spacial score (nSPS) is 13.2. The number of amidine groups is 1. The van der Waals surface area contributed by atoms with Crippen molar-refractivity contribution < 1.29 is 9.94 Å². The fraction of sp³-hybridized carbons (Fsp3) is 0.562. The van der Waals surface area contributed by atoms with E-state index in [1.165, 1.54) is 25.7 Å². The van der Waals surface area contributed by atoms with Crippen molar-refractivity contribution in [1.82, 2.24) is 5.32 Å². The molecule has 0 aliphatic heterocycles. The van der Waals surface area contributed by atoms with E-state index in [-0.39, 0.29) is 5.84 Å². The van der Waals surface area contributed by atoms with Gasteiger partial charge in [0.1, 0.15) is 5.75 Å². The van der Waals surface area contributed by atoms with Crippen molar-refractivity contribution in [2.24, 2.45) is 10.9 Å². The summed E-state index contributed by atoms with van der Waals surface area (Å²) < 4.78 is 5.22. The lowest BCUT2D eigenvalue weighted by Crippen LogP contribution is -2.25. The van der Waals surface area contributed by atoms with Gasteiger partial charge in [0.25, 0.3) is 0 Å². The monoisotopic (exact) mass is 293 g/mol. The van der Waals surface area contributed by atoms with Crippen LogP contribution in [0.25, 0.3) is 0 Å². The molecule has 5 heteroatoms. The molecule has 0 radical (unpaired) electrons. The first-order valence-corrected chi connectivity index (χ1v) is 7.50. The molecule has 1 unspecified atom stereocenters. The molecule has 0 saturated heterocycles. The topological polar surface area (TPSA) is 79.9 Å². The maximum atomic E-state index is 8.83. The largest absolute Gasteiger partial charge is 0.496 e. The molecule has 118 valence electrons.